The van der Waals surface area contributed by atoms with Crippen molar-refractivity contribution in [2.24, 2.45) is 0 Å². The molecule has 2 atom stereocenters. The van der Waals surface area contributed by atoms with Crippen LogP contribution in [0, 0.1) is 6.92 Å². The van der Waals surface area contributed by atoms with E-state index in [1.54, 1.807) is 12.4 Å². The van der Waals surface area contributed by atoms with E-state index in [-0.39, 0.29) is 11.9 Å². The summed E-state index contributed by atoms with van der Waals surface area (Å²) in [5, 5.41) is 7.65. The van der Waals surface area contributed by atoms with Gasteiger partial charge in [-0.2, -0.15) is 0 Å². The summed E-state index contributed by atoms with van der Waals surface area (Å²) in [7, 11) is 0. The van der Waals surface area contributed by atoms with Crippen LogP contribution in [0.4, 0.5) is 0 Å². The summed E-state index contributed by atoms with van der Waals surface area (Å²) < 4.78 is 0. The van der Waals surface area contributed by atoms with Gasteiger partial charge in [0.15, 0.2) is 0 Å². The zero-order chi connectivity index (χ0) is 19.7. The molecule has 0 aliphatic heterocycles. The van der Waals surface area contributed by atoms with Crippen LogP contribution >= 0.6 is 0 Å². The molecule has 2 heterocycles. The van der Waals surface area contributed by atoms with Gasteiger partial charge in [-0.1, -0.05) is 25.5 Å². The molecule has 2 aromatic heterocycles. The fourth-order valence-electron chi connectivity index (χ4n) is 3.74. The number of fused-ring (bicyclic) bond motifs is 1. The van der Waals surface area contributed by atoms with Crippen LogP contribution in [0.1, 0.15) is 42.6 Å². The Kier molecular flexibility index (Phi) is 5.09. The van der Waals surface area contributed by atoms with Crippen molar-refractivity contribution in [1.82, 2.24) is 20.6 Å². The van der Waals surface area contributed by atoms with Crippen LogP contribution in [0.5, 0.6) is 0 Å². The molecule has 0 spiro atoms. The van der Waals surface area contributed by atoms with E-state index in [0.717, 1.165) is 40.6 Å². The quantitative estimate of drug-likeness (QED) is 0.712. The van der Waals surface area contributed by atoms with E-state index < -0.39 is 0 Å². The number of rotatable bonds is 5. The van der Waals surface area contributed by atoms with Crippen LogP contribution in [-0.4, -0.2) is 34.0 Å². The minimum Gasteiger partial charge on any atom is -0.348 e. The van der Waals surface area contributed by atoms with Gasteiger partial charge in [0.25, 0.3) is 5.91 Å². The van der Waals surface area contributed by atoms with Gasteiger partial charge in [-0.05, 0) is 50.1 Å². The zero-order valence-corrected chi connectivity index (χ0v) is 16.6. The van der Waals surface area contributed by atoms with E-state index >= 15 is 0 Å². The monoisotopic (exact) mass is 374 g/mol. The highest BCUT2D eigenvalue weighted by atomic mass is 16.1. The fraction of sp³-hybridized carbons (Fsp3) is 0.348. The van der Waals surface area contributed by atoms with E-state index in [0.29, 0.717) is 17.6 Å². The number of benzene rings is 1. The summed E-state index contributed by atoms with van der Waals surface area (Å²) in [6, 6.07) is 12.7. The average Bonchev–Trinajstić information content (AvgIpc) is 2.69. The first-order valence-corrected chi connectivity index (χ1v) is 9.90. The molecule has 4 rings (SSSR count). The molecular formula is C23H26N4O. The number of hydrogen-bond donors (Lipinski definition) is 2. The van der Waals surface area contributed by atoms with Gasteiger partial charge in [0, 0.05) is 41.5 Å². The number of pyridine rings is 2. The molecule has 2 N–H and O–H groups in total. The van der Waals surface area contributed by atoms with E-state index in [1.807, 2.05) is 43.3 Å². The molecule has 1 saturated carbocycles. The van der Waals surface area contributed by atoms with E-state index in [4.69, 9.17) is 4.98 Å². The summed E-state index contributed by atoms with van der Waals surface area (Å²) in [6.07, 6.45) is 5.62. The Balaban J connectivity index is 1.70. The third-order valence-corrected chi connectivity index (χ3v) is 5.30. The highest BCUT2D eigenvalue weighted by Gasteiger charge is 2.32. The van der Waals surface area contributed by atoms with Crippen LogP contribution in [-0.2, 0) is 0 Å². The van der Waals surface area contributed by atoms with Crippen molar-refractivity contribution in [3.63, 3.8) is 0 Å². The second kappa shape index (κ2) is 7.68. The van der Waals surface area contributed by atoms with Gasteiger partial charge < -0.3 is 10.6 Å². The Morgan fingerprint density at radius 3 is 2.64 bits per heavy atom. The standard InChI is InChI=1S/C23H26N4O/c1-14(2)25-20-8-9-21(20)27-23(28)18-12-22(16-5-4-10-24-13-16)26-19-7-6-15(3)11-17(18)19/h4-7,10-14,20-21,25H,8-9H2,1-3H3,(H,27,28)/t20-,21+/m0/s1. The second-order valence-electron chi connectivity index (χ2n) is 7.90. The van der Waals surface area contributed by atoms with Crippen molar-refractivity contribution in [3.05, 3.63) is 59.9 Å². The van der Waals surface area contributed by atoms with Gasteiger partial charge in [0.1, 0.15) is 0 Å². The van der Waals surface area contributed by atoms with Gasteiger partial charge in [-0.25, -0.2) is 4.98 Å². The number of nitrogens with zero attached hydrogens (tertiary/aromatic N) is 2. The lowest BCUT2D eigenvalue weighted by Crippen LogP contribution is -2.58. The van der Waals surface area contributed by atoms with Crippen molar-refractivity contribution in [1.29, 1.82) is 0 Å². The molecule has 1 aliphatic carbocycles. The third-order valence-electron chi connectivity index (χ3n) is 5.30. The van der Waals surface area contributed by atoms with E-state index in [2.05, 4.69) is 29.5 Å². The third kappa shape index (κ3) is 3.76. The molecule has 144 valence electrons. The molecule has 0 unspecified atom stereocenters. The molecule has 5 nitrogen and oxygen atoms in total. The number of amides is 1. The Morgan fingerprint density at radius 1 is 1.14 bits per heavy atom. The van der Waals surface area contributed by atoms with Crippen LogP contribution in [0.3, 0.4) is 0 Å². The molecule has 1 fully saturated rings. The topological polar surface area (TPSA) is 66.9 Å². The van der Waals surface area contributed by atoms with Crippen molar-refractivity contribution in [3.8, 4) is 11.3 Å². The number of aryl methyl sites for hydroxylation is 1. The molecule has 3 aromatic rings. The lowest BCUT2D eigenvalue weighted by atomic mass is 9.85. The Bertz CT molecular complexity index is 1000. The van der Waals surface area contributed by atoms with E-state index in [1.165, 1.54) is 0 Å². The smallest absolute Gasteiger partial charge is 0.252 e. The van der Waals surface area contributed by atoms with Gasteiger partial charge >= 0.3 is 0 Å². The number of aromatic nitrogens is 2. The summed E-state index contributed by atoms with van der Waals surface area (Å²) in [6.45, 7) is 6.30. The molecule has 28 heavy (non-hydrogen) atoms. The molecule has 1 aromatic carbocycles. The van der Waals surface area contributed by atoms with Crippen LogP contribution < -0.4 is 10.6 Å². The Hall–Kier alpha value is -2.79. The highest BCUT2D eigenvalue weighted by molar-refractivity contribution is 6.07. The van der Waals surface area contributed by atoms with Crippen LogP contribution in [0.15, 0.2) is 48.8 Å². The number of nitrogens with one attached hydrogen (secondary N) is 2. The zero-order valence-electron chi connectivity index (χ0n) is 16.6. The summed E-state index contributed by atoms with van der Waals surface area (Å²) >= 11 is 0. The van der Waals surface area contributed by atoms with Crippen LogP contribution in [0.25, 0.3) is 22.2 Å². The maximum Gasteiger partial charge on any atom is 0.252 e. The van der Waals surface area contributed by atoms with Gasteiger partial charge in [-0.15, -0.1) is 0 Å². The predicted molar refractivity (Wildman–Crippen MR) is 112 cm³/mol. The summed E-state index contributed by atoms with van der Waals surface area (Å²) in [5.74, 6) is -0.0385. The summed E-state index contributed by atoms with van der Waals surface area (Å²) in [4.78, 5) is 22.2. The maximum absolute atomic E-state index is 13.2. The van der Waals surface area contributed by atoms with Crippen LogP contribution in [0.2, 0.25) is 0 Å². The Labute approximate surface area is 165 Å². The minimum absolute atomic E-state index is 0.0385. The fourth-order valence-corrected chi connectivity index (χ4v) is 3.74. The minimum atomic E-state index is -0.0385. The molecule has 0 radical (unpaired) electrons. The number of carbonyl (C=O) groups excluding carboxylic acids is 1. The first-order valence-electron chi connectivity index (χ1n) is 9.90. The molecule has 1 aliphatic rings. The highest BCUT2D eigenvalue weighted by Crippen LogP contribution is 2.27. The first kappa shape index (κ1) is 18.6. The largest absolute Gasteiger partial charge is 0.348 e. The van der Waals surface area contributed by atoms with Gasteiger partial charge in [-0.3, -0.25) is 9.78 Å². The molecular weight excluding hydrogens is 348 g/mol. The molecule has 1 amide bonds. The van der Waals surface area contributed by atoms with Crippen molar-refractivity contribution in [2.45, 2.75) is 51.7 Å². The predicted octanol–water partition coefficient (Wildman–Crippen LogP) is 3.86. The molecule has 0 bridgehead atoms. The lowest BCUT2D eigenvalue weighted by Gasteiger charge is -2.39. The van der Waals surface area contributed by atoms with E-state index in [9.17, 15) is 4.79 Å². The van der Waals surface area contributed by atoms with Crippen molar-refractivity contribution < 1.29 is 4.79 Å². The van der Waals surface area contributed by atoms with Gasteiger partial charge in [0.05, 0.1) is 16.8 Å². The van der Waals surface area contributed by atoms with Gasteiger partial charge in [0.2, 0.25) is 0 Å². The van der Waals surface area contributed by atoms with Crippen molar-refractivity contribution >= 4 is 16.8 Å². The molecule has 0 saturated heterocycles. The lowest BCUT2D eigenvalue weighted by molar-refractivity contribution is 0.0892. The Morgan fingerprint density at radius 2 is 1.96 bits per heavy atom. The SMILES string of the molecule is Cc1ccc2nc(-c3cccnc3)cc(C(=O)N[C@@H]3CC[C@@H]3NC(C)C)c2c1. The maximum atomic E-state index is 13.2. The first-order chi connectivity index (χ1) is 13.5. The van der Waals surface area contributed by atoms with Crippen molar-refractivity contribution in [2.75, 3.05) is 0 Å². The summed E-state index contributed by atoms with van der Waals surface area (Å²) in [5.41, 5.74) is 4.27. The normalized spacial score (nSPS) is 18.9. The molecule has 5 heteroatoms. The average molecular weight is 374 g/mol. The number of carbonyl (C=O) groups is 1. The second-order valence-corrected chi connectivity index (χ2v) is 7.90. The number of hydrogen-bond acceptors (Lipinski definition) is 4.